The number of nitrogens with one attached hydrogen (secondary N) is 1. The van der Waals surface area contributed by atoms with Gasteiger partial charge in [0.05, 0.1) is 11.6 Å². The molecule has 1 heterocycles. The molecular formula is C20H21N3O. The Labute approximate surface area is 142 Å². The summed E-state index contributed by atoms with van der Waals surface area (Å²) in [5.74, 6) is 0.260. The Kier molecular flexibility index (Phi) is 5.25. The number of rotatable bonds is 6. The van der Waals surface area contributed by atoms with Crippen molar-refractivity contribution >= 4 is 5.91 Å². The summed E-state index contributed by atoms with van der Waals surface area (Å²) in [7, 11) is 0. The predicted molar refractivity (Wildman–Crippen MR) is 92.8 cm³/mol. The van der Waals surface area contributed by atoms with Crippen molar-refractivity contribution < 1.29 is 4.79 Å². The van der Waals surface area contributed by atoms with E-state index in [9.17, 15) is 4.79 Å². The highest BCUT2D eigenvalue weighted by atomic mass is 16.2. The number of benzene rings is 2. The van der Waals surface area contributed by atoms with E-state index in [1.54, 1.807) is 0 Å². The van der Waals surface area contributed by atoms with Gasteiger partial charge in [0, 0.05) is 32.6 Å². The minimum atomic E-state index is 0.260. The number of nitriles is 1. The van der Waals surface area contributed by atoms with E-state index in [1.165, 1.54) is 11.1 Å². The summed E-state index contributed by atoms with van der Waals surface area (Å²) in [5, 5.41) is 12.3. The van der Waals surface area contributed by atoms with E-state index in [0.29, 0.717) is 18.5 Å². The third-order valence-electron chi connectivity index (χ3n) is 4.38. The van der Waals surface area contributed by atoms with Gasteiger partial charge < -0.3 is 10.2 Å². The molecule has 2 aromatic rings. The molecule has 122 valence electrons. The lowest BCUT2D eigenvalue weighted by atomic mass is 10.1. The third-order valence-corrected chi connectivity index (χ3v) is 4.38. The largest absolute Gasteiger partial charge is 0.338 e. The highest BCUT2D eigenvalue weighted by Gasteiger charge is 2.20. The van der Waals surface area contributed by atoms with Crippen molar-refractivity contribution in [3.63, 3.8) is 0 Å². The minimum absolute atomic E-state index is 0.260. The van der Waals surface area contributed by atoms with Gasteiger partial charge in [-0.3, -0.25) is 4.79 Å². The van der Waals surface area contributed by atoms with E-state index in [0.717, 1.165) is 31.6 Å². The van der Waals surface area contributed by atoms with Gasteiger partial charge in [-0.25, -0.2) is 0 Å². The second-order valence-electron chi connectivity index (χ2n) is 6.10. The maximum Gasteiger partial charge on any atom is 0.222 e. The fourth-order valence-electron chi connectivity index (χ4n) is 3.00. The predicted octanol–water partition coefficient (Wildman–Crippen LogP) is 2.97. The SMILES string of the molecule is N#Cc1ccc(CNCc2ccccc2CN2CCCC2=O)cc1. The zero-order chi connectivity index (χ0) is 16.8. The highest BCUT2D eigenvalue weighted by Crippen LogP contribution is 2.17. The van der Waals surface area contributed by atoms with E-state index in [1.807, 2.05) is 41.3 Å². The van der Waals surface area contributed by atoms with Crippen LogP contribution in [0.15, 0.2) is 48.5 Å². The molecule has 0 bridgehead atoms. The molecule has 2 aromatic carbocycles. The fourth-order valence-corrected chi connectivity index (χ4v) is 3.00. The van der Waals surface area contributed by atoms with Crippen LogP contribution in [0.3, 0.4) is 0 Å². The number of hydrogen-bond donors (Lipinski definition) is 1. The summed E-state index contributed by atoms with van der Waals surface area (Å²) in [6.45, 7) is 3.08. The molecule has 1 amide bonds. The molecule has 1 aliphatic rings. The quantitative estimate of drug-likeness (QED) is 0.890. The highest BCUT2D eigenvalue weighted by molar-refractivity contribution is 5.78. The molecular weight excluding hydrogens is 298 g/mol. The maximum absolute atomic E-state index is 11.8. The summed E-state index contributed by atoms with van der Waals surface area (Å²) in [6, 6.07) is 18.0. The van der Waals surface area contributed by atoms with Gasteiger partial charge >= 0.3 is 0 Å². The number of nitrogens with zero attached hydrogens (tertiary/aromatic N) is 2. The van der Waals surface area contributed by atoms with Crippen LogP contribution in [0.2, 0.25) is 0 Å². The smallest absolute Gasteiger partial charge is 0.222 e. The summed E-state index contributed by atoms with van der Waals surface area (Å²) in [6.07, 6.45) is 1.65. The van der Waals surface area contributed by atoms with Gasteiger partial charge in [-0.15, -0.1) is 0 Å². The number of carbonyl (C=O) groups is 1. The number of amides is 1. The number of carbonyl (C=O) groups excluding carboxylic acids is 1. The average Bonchev–Trinajstić information content (AvgIpc) is 3.02. The van der Waals surface area contributed by atoms with Gasteiger partial charge in [-0.05, 0) is 35.2 Å². The number of likely N-dealkylation sites (tertiary alicyclic amines) is 1. The van der Waals surface area contributed by atoms with Crippen LogP contribution in [0.4, 0.5) is 0 Å². The summed E-state index contributed by atoms with van der Waals surface area (Å²) in [4.78, 5) is 13.8. The lowest BCUT2D eigenvalue weighted by molar-refractivity contribution is -0.128. The van der Waals surface area contributed by atoms with Crippen molar-refractivity contribution in [3.05, 3.63) is 70.8 Å². The molecule has 4 nitrogen and oxygen atoms in total. The average molecular weight is 319 g/mol. The van der Waals surface area contributed by atoms with Crippen LogP contribution >= 0.6 is 0 Å². The Morgan fingerprint density at radius 2 is 1.79 bits per heavy atom. The Morgan fingerprint density at radius 1 is 1.04 bits per heavy atom. The monoisotopic (exact) mass is 319 g/mol. The molecule has 0 spiro atoms. The van der Waals surface area contributed by atoms with Crippen LogP contribution in [-0.4, -0.2) is 17.4 Å². The van der Waals surface area contributed by atoms with Gasteiger partial charge in [0.15, 0.2) is 0 Å². The van der Waals surface area contributed by atoms with Gasteiger partial charge in [0.1, 0.15) is 0 Å². The lowest BCUT2D eigenvalue weighted by Gasteiger charge is -2.18. The Morgan fingerprint density at radius 3 is 2.46 bits per heavy atom. The Hall–Kier alpha value is -2.64. The van der Waals surface area contributed by atoms with Gasteiger partial charge in [0.25, 0.3) is 0 Å². The first-order valence-electron chi connectivity index (χ1n) is 8.30. The van der Waals surface area contributed by atoms with Crippen molar-refractivity contribution in [2.45, 2.75) is 32.5 Å². The molecule has 0 saturated carbocycles. The van der Waals surface area contributed by atoms with Gasteiger partial charge in [-0.2, -0.15) is 5.26 Å². The van der Waals surface area contributed by atoms with Crippen LogP contribution in [0.25, 0.3) is 0 Å². The summed E-state index contributed by atoms with van der Waals surface area (Å²) in [5.41, 5.74) is 4.27. The molecule has 0 unspecified atom stereocenters. The van der Waals surface area contributed by atoms with Crippen molar-refractivity contribution in [2.75, 3.05) is 6.54 Å². The Bertz CT molecular complexity index is 746. The molecule has 4 heteroatoms. The van der Waals surface area contributed by atoms with E-state index < -0.39 is 0 Å². The molecule has 1 aliphatic heterocycles. The van der Waals surface area contributed by atoms with Gasteiger partial charge in [-0.1, -0.05) is 36.4 Å². The van der Waals surface area contributed by atoms with Crippen LogP contribution < -0.4 is 5.32 Å². The second kappa shape index (κ2) is 7.76. The lowest BCUT2D eigenvalue weighted by Crippen LogP contribution is -2.25. The second-order valence-corrected chi connectivity index (χ2v) is 6.10. The molecule has 0 atom stereocenters. The molecule has 0 aliphatic carbocycles. The van der Waals surface area contributed by atoms with Crippen LogP contribution in [0.5, 0.6) is 0 Å². The molecule has 0 radical (unpaired) electrons. The van der Waals surface area contributed by atoms with Crippen molar-refractivity contribution in [2.24, 2.45) is 0 Å². The first-order chi connectivity index (χ1) is 11.8. The number of hydrogen-bond acceptors (Lipinski definition) is 3. The van der Waals surface area contributed by atoms with E-state index in [4.69, 9.17) is 5.26 Å². The summed E-state index contributed by atoms with van der Waals surface area (Å²) < 4.78 is 0. The maximum atomic E-state index is 11.8. The first-order valence-corrected chi connectivity index (χ1v) is 8.30. The summed E-state index contributed by atoms with van der Waals surface area (Å²) >= 11 is 0. The topological polar surface area (TPSA) is 56.1 Å². The van der Waals surface area contributed by atoms with Crippen LogP contribution in [0.1, 0.15) is 35.1 Å². The fraction of sp³-hybridized carbons (Fsp3) is 0.300. The molecule has 3 rings (SSSR count). The zero-order valence-electron chi connectivity index (χ0n) is 13.7. The van der Waals surface area contributed by atoms with Crippen molar-refractivity contribution in [1.29, 1.82) is 5.26 Å². The van der Waals surface area contributed by atoms with Crippen LogP contribution in [-0.2, 0) is 24.4 Å². The van der Waals surface area contributed by atoms with E-state index in [2.05, 4.69) is 23.5 Å². The molecule has 1 fully saturated rings. The zero-order valence-corrected chi connectivity index (χ0v) is 13.7. The first kappa shape index (κ1) is 16.2. The molecule has 24 heavy (non-hydrogen) atoms. The van der Waals surface area contributed by atoms with E-state index >= 15 is 0 Å². The third kappa shape index (κ3) is 4.01. The molecule has 1 N–H and O–H groups in total. The van der Waals surface area contributed by atoms with Gasteiger partial charge in [0.2, 0.25) is 5.91 Å². The van der Waals surface area contributed by atoms with Crippen molar-refractivity contribution in [3.8, 4) is 6.07 Å². The molecule has 1 saturated heterocycles. The molecule has 0 aromatic heterocycles. The standard InChI is InChI=1S/C20H21N3O/c21-12-16-7-9-17(10-8-16)13-22-14-18-4-1-2-5-19(18)15-23-11-3-6-20(23)24/h1-2,4-5,7-10,22H,3,6,11,13-15H2. The Balaban J connectivity index is 1.58. The van der Waals surface area contributed by atoms with Crippen molar-refractivity contribution in [1.82, 2.24) is 10.2 Å². The minimum Gasteiger partial charge on any atom is -0.338 e. The van der Waals surface area contributed by atoms with E-state index in [-0.39, 0.29) is 5.91 Å². The normalized spacial score (nSPS) is 14.0. The van der Waals surface area contributed by atoms with Crippen LogP contribution in [0, 0.1) is 11.3 Å².